The van der Waals surface area contributed by atoms with E-state index in [1.165, 1.54) is 0 Å². The molecule has 0 aliphatic carbocycles. The van der Waals surface area contributed by atoms with Gasteiger partial charge in [-0.25, -0.2) is 4.98 Å². The van der Waals surface area contributed by atoms with Crippen molar-refractivity contribution in [3.05, 3.63) is 18.2 Å². The van der Waals surface area contributed by atoms with E-state index >= 15 is 0 Å². The predicted molar refractivity (Wildman–Crippen MR) is 66.8 cm³/mol. The molecule has 18 heavy (non-hydrogen) atoms. The third-order valence-electron chi connectivity index (χ3n) is 3.06. The van der Waals surface area contributed by atoms with Crippen molar-refractivity contribution in [2.24, 2.45) is 5.92 Å². The molecule has 1 aromatic heterocycles. The topological polar surface area (TPSA) is 79.0 Å². The number of hydrogen-bond acceptors (Lipinski definition) is 4. The summed E-state index contributed by atoms with van der Waals surface area (Å²) in [5.41, 5.74) is 0. The van der Waals surface area contributed by atoms with E-state index in [0.717, 1.165) is 18.8 Å². The normalized spacial score (nSPS) is 23.2. The highest BCUT2D eigenvalue weighted by Gasteiger charge is 2.33. The minimum atomic E-state index is -0.105. The molecule has 2 atom stereocenters. The van der Waals surface area contributed by atoms with Crippen LogP contribution in [0.3, 0.4) is 0 Å². The van der Waals surface area contributed by atoms with Gasteiger partial charge in [0, 0.05) is 18.4 Å². The smallest absolute Gasteiger partial charge is 0.227 e. The second kappa shape index (κ2) is 6.51. The van der Waals surface area contributed by atoms with E-state index in [4.69, 9.17) is 4.74 Å². The van der Waals surface area contributed by atoms with E-state index in [0.29, 0.717) is 19.8 Å². The molecule has 0 aromatic carbocycles. The van der Waals surface area contributed by atoms with Gasteiger partial charge in [-0.2, -0.15) is 0 Å². The Morgan fingerprint density at radius 3 is 3.22 bits per heavy atom. The van der Waals surface area contributed by atoms with Crippen LogP contribution in [0, 0.1) is 5.92 Å². The summed E-state index contributed by atoms with van der Waals surface area (Å²) >= 11 is 0. The number of carbonyl (C=O) groups excluding carboxylic acids is 1. The number of carbonyl (C=O) groups is 1. The van der Waals surface area contributed by atoms with Crippen molar-refractivity contribution in [3.63, 3.8) is 0 Å². The van der Waals surface area contributed by atoms with Crippen molar-refractivity contribution in [1.29, 1.82) is 0 Å². The van der Waals surface area contributed by atoms with Gasteiger partial charge >= 0.3 is 0 Å². The van der Waals surface area contributed by atoms with Crippen LogP contribution in [0.4, 0.5) is 0 Å². The van der Waals surface area contributed by atoms with Crippen LogP contribution in [0.5, 0.6) is 0 Å². The summed E-state index contributed by atoms with van der Waals surface area (Å²) in [6.07, 6.45) is 4.47. The molecule has 100 valence electrons. The van der Waals surface area contributed by atoms with Gasteiger partial charge in [0.2, 0.25) is 5.91 Å². The summed E-state index contributed by atoms with van der Waals surface area (Å²) in [4.78, 5) is 19.1. The third kappa shape index (κ3) is 3.30. The highest BCUT2D eigenvalue weighted by atomic mass is 16.5. The van der Waals surface area contributed by atoms with E-state index < -0.39 is 0 Å². The van der Waals surface area contributed by atoms with Crippen LogP contribution in [0.15, 0.2) is 12.4 Å². The van der Waals surface area contributed by atoms with Gasteiger partial charge in [-0.05, 0) is 13.0 Å². The number of hydrogen-bond donors (Lipinski definition) is 3. The predicted octanol–water partition coefficient (Wildman–Crippen LogP) is 0.0405. The van der Waals surface area contributed by atoms with Crippen LogP contribution in [0.25, 0.3) is 0 Å². The first-order chi connectivity index (χ1) is 8.81. The minimum Gasteiger partial charge on any atom is -0.379 e. The lowest BCUT2D eigenvalue weighted by Gasteiger charge is -2.18. The van der Waals surface area contributed by atoms with Gasteiger partial charge < -0.3 is 20.4 Å². The molecule has 2 rings (SSSR count). The van der Waals surface area contributed by atoms with Gasteiger partial charge in [-0.1, -0.05) is 6.92 Å². The molecule has 0 radical (unpaired) electrons. The Kier molecular flexibility index (Phi) is 4.72. The van der Waals surface area contributed by atoms with Crippen LogP contribution < -0.4 is 10.6 Å². The molecule has 1 amide bonds. The lowest BCUT2D eigenvalue weighted by Crippen LogP contribution is -2.44. The number of amides is 1. The number of ether oxygens (including phenoxy) is 1. The number of nitrogens with one attached hydrogen (secondary N) is 3. The average Bonchev–Trinajstić information content (AvgIpc) is 3.04. The van der Waals surface area contributed by atoms with Crippen molar-refractivity contribution >= 4 is 5.91 Å². The van der Waals surface area contributed by atoms with Gasteiger partial charge in [0.05, 0.1) is 25.7 Å². The van der Waals surface area contributed by atoms with E-state index in [9.17, 15) is 4.79 Å². The van der Waals surface area contributed by atoms with Gasteiger partial charge in [0.1, 0.15) is 5.82 Å². The van der Waals surface area contributed by atoms with Gasteiger partial charge in [-0.3, -0.25) is 4.79 Å². The Morgan fingerprint density at radius 1 is 1.61 bits per heavy atom. The maximum Gasteiger partial charge on any atom is 0.227 e. The quantitative estimate of drug-likeness (QED) is 0.668. The number of rotatable bonds is 6. The number of H-pyrrole nitrogens is 1. The van der Waals surface area contributed by atoms with Crippen molar-refractivity contribution < 1.29 is 9.53 Å². The minimum absolute atomic E-state index is 0.0255. The van der Waals surface area contributed by atoms with E-state index in [2.05, 4.69) is 27.5 Å². The van der Waals surface area contributed by atoms with E-state index in [1.807, 2.05) is 0 Å². The third-order valence-corrected chi connectivity index (χ3v) is 3.06. The Hall–Kier alpha value is -1.40. The molecule has 1 aliphatic heterocycles. The number of aromatic amines is 1. The number of nitrogens with zero attached hydrogens (tertiary/aromatic N) is 1. The summed E-state index contributed by atoms with van der Waals surface area (Å²) in [7, 11) is 0. The summed E-state index contributed by atoms with van der Waals surface area (Å²) < 4.78 is 5.38. The highest BCUT2D eigenvalue weighted by Crippen LogP contribution is 2.14. The molecule has 0 bridgehead atoms. The van der Waals surface area contributed by atoms with Crippen LogP contribution in [0.2, 0.25) is 0 Å². The lowest BCUT2D eigenvalue weighted by molar-refractivity contribution is -0.125. The average molecular weight is 252 g/mol. The second-order valence-electron chi connectivity index (χ2n) is 4.46. The Labute approximate surface area is 107 Å². The second-order valence-corrected chi connectivity index (χ2v) is 4.46. The number of imidazole rings is 1. The molecule has 2 heterocycles. The molecule has 2 unspecified atom stereocenters. The zero-order chi connectivity index (χ0) is 12.8. The zero-order valence-electron chi connectivity index (χ0n) is 10.6. The summed E-state index contributed by atoms with van der Waals surface area (Å²) in [6.45, 7) is 4.55. The Bertz CT molecular complexity index is 366. The van der Waals surface area contributed by atoms with Gasteiger partial charge in [-0.15, -0.1) is 0 Å². The molecule has 6 nitrogen and oxygen atoms in total. The Morgan fingerprint density at radius 2 is 2.50 bits per heavy atom. The first-order valence-corrected chi connectivity index (χ1v) is 6.38. The molecule has 6 heteroatoms. The first-order valence-electron chi connectivity index (χ1n) is 6.38. The van der Waals surface area contributed by atoms with E-state index in [1.54, 1.807) is 12.4 Å². The van der Waals surface area contributed by atoms with Crippen LogP contribution in [-0.4, -0.2) is 41.7 Å². The van der Waals surface area contributed by atoms with Crippen LogP contribution in [-0.2, 0) is 16.1 Å². The largest absolute Gasteiger partial charge is 0.379 e. The molecule has 1 saturated heterocycles. The molecule has 0 saturated carbocycles. The van der Waals surface area contributed by atoms with Crippen molar-refractivity contribution in [2.75, 3.05) is 19.8 Å². The van der Waals surface area contributed by atoms with Gasteiger partial charge in [0.25, 0.3) is 0 Å². The molecule has 1 aliphatic rings. The van der Waals surface area contributed by atoms with Gasteiger partial charge in [0.15, 0.2) is 0 Å². The summed E-state index contributed by atoms with van der Waals surface area (Å²) in [5, 5.41) is 6.23. The maximum absolute atomic E-state index is 12.0. The molecule has 1 aromatic rings. The molecule has 3 N–H and O–H groups in total. The fraction of sp³-hybridized carbons (Fsp3) is 0.667. The van der Waals surface area contributed by atoms with Crippen molar-refractivity contribution in [1.82, 2.24) is 20.6 Å². The molecule has 1 fully saturated rings. The van der Waals surface area contributed by atoms with Crippen LogP contribution >= 0.6 is 0 Å². The SMILES string of the molecule is CCCNC1COCC1C(=O)NCc1ncc[nH]1. The van der Waals surface area contributed by atoms with Crippen molar-refractivity contribution in [2.45, 2.75) is 25.9 Å². The van der Waals surface area contributed by atoms with Crippen LogP contribution in [0.1, 0.15) is 19.2 Å². The highest BCUT2D eigenvalue weighted by molar-refractivity contribution is 5.79. The van der Waals surface area contributed by atoms with E-state index in [-0.39, 0.29) is 17.9 Å². The number of aromatic nitrogens is 2. The first kappa shape index (κ1) is 13.0. The summed E-state index contributed by atoms with van der Waals surface area (Å²) in [5.74, 6) is 0.685. The lowest BCUT2D eigenvalue weighted by atomic mass is 10.0. The monoisotopic (exact) mass is 252 g/mol. The molecular formula is C12H20N4O2. The molecule has 0 spiro atoms. The maximum atomic E-state index is 12.0. The Balaban J connectivity index is 1.80. The molecular weight excluding hydrogens is 232 g/mol. The zero-order valence-corrected chi connectivity index (χ0v) is 10.6. The van der Waals surface area contributed by atoms with Crippen molar-refractivity contribution in [3.8, 4) is 0 Å². The standard InChI is InChI=1S/C12H20N4O2/c1-2-3-13-10-8-18-7-9(10)12(17)16-6-11-14-4-5-15-11/h4-5,9-10,13H,2-3,6-8H2,1H3,(H,14,15)(H,16,17). The fourth-order valence-electron chi connectivity index (χ4n) is 2.04. The fourth-order valence-corrected chi connectivity index (χ4v) is 2.04. The summed E-state index contributed by atoms with van der Waals surface area (Å²) in [6, 6.07) is 0.126.